The van der Waals surface area contributed by atoms with Crippen molar-refractivity contribution >= 4 is 5.95 Å². The van der Waals surface area contributed by atoms with E-state index >= 15 is 0 Å². The summed E-state index contributed by atoms with van der Waals surface area (Å²) < 4.78 is 0. The van der Waals surface area contributed by atoms with E-state index in [1.807, 2.05) is 0 Å². The van der Waals surface area contributed by atoms with Gasteiger partial charge in [-0.3, -0.25) is 5.10 Å². The van der Waals surface area contributed by atoms with Crippen LogP contribution in [0.15, 0.2) is 0 Å². The van der Waals surface area contributed by atoms with Crippen LogP contribution in [0.5, 0.6) is 0 Å². The number of aromatic amines is 1. The van der Waals surface area contributed by atoms with Crippen molar-refractivity contribution in [3.05, 3.63) is 5.82 Å². The molecule has 0 radical (unpaired) electrons. The van der Waals surface area contributed by atoms with Crippen molar-refractivity contribution in [2.24, 2.45) is 11.7 Å². The molecule has 0 bridgehead atoms. The van der Waals surface area contributed by atoms with Crippen LogP contribution in [-0.2, 0) is 6.42 Å². The normalized spacial score (nSPS) is 26.1. The molecule has 0 saturated carbocycles. The van der Waals surface area contributed by atoms with Gasteiger partial charge in [-0.05, 0) is 18.8 Å². The van der Waals surface area contributed by atoms with Gasteiger partial charge in [0, 0.05) is 25.6 Å². The first-order valence-corrected chi connectivity index (χ1v) is 6.12. The Labute approximate surface area is 96.4 Å². The molecule has 0 spiro atoms. The van der Waals surface area contributed by atoms with Crippen LogP contribution >= 0.6 is 0 Å². The fourth-order valence-electron chi connectivity index (χ4n) is 2.06. The second-order valence-corrected chi connectivity index (χ2v) is 4.71. The third-order valence-corrected chi connectivity index (χ3v) is 3.31. The first kappa shape index (κ1) is 11.4. The van der Waals surface area contributed by atoms with Gasteiger partial charge in [0.15, 0.2) is 0 Å². The van der Waals surface area contributed by atoms with E-state index < -0.39 is 0 Å². The number of aryl methyl sites for hydroxylation is 1. The van der Waals surface area contributed by atoms with Crippen LogP contribution in [0.4, 0.5) is 5.95 Å². The largest absolute Gasteiger partial charge is 0.338 e. The minimum absolute atomic E-state index is 0.238. The van der Waals surface area contributed by atoms with Gasteiger partial charge in [-0.1, -0.05) is 13.8 Å². The minimum Gasteiger partial charge on any atom is -0.338 e. The molecule has 2 unspecified atom stereocenters. The molecule has 0 aliphatic carbocycles. The van der Waals surface area contributed by atoms with Gasteiger partial charge < -0.3 is 10.6 Å². The summed E-state index contributed by atoms with van der Waals surface area (Å²) in [5.41, 5.74) is 6.06. The molecule has 0 aromatic carbocycles. The highest BCUT2D eigenvalue weighted by molar-refractivity contribution is 5.30. The predicted octanol–water partition coefficient (Wildman–Crippen LogP) is 0.931. The summed E-state index contributed by atoms with van der Waals surface area (Å²) in [7, 11) is 0. The Balaban J connectivity index is 2.01. The summed E-state index contributed by atoms with van der Waals surface area (Å²) in [6.45, 7) is 6.23. The summed E-state index contributed by atoms with van der Waals surface area (Å²) in [6.07, 6.45) is 3.17. The highest BCUT2D eigenvalue weighted by atomic mass is 15.4. The summed E-state index contributed by atoms with van der Waals surface area (Å²) in [5, 5.41) is 7.24. The Morgan fingerprint density at radius 3 is 3.06 bits per heavy atom. The second-order valence-electron chi connectivity index (χ2n) is 4.71. The molecule has 2 atom stereocenters. The summed E-state index contributed by atoms with van der Waals surface area (Å²) >= 11 is 0. The molecule has 3 N–H and O–H groups in total. The summed E-state index contributed by atoms with van der Waals surface area (Å²) in [4.78, 5) is 6.67. The average Bonchev–Trinajstić information content (AvgIpc) is 2.71. The van der Waals surface area contributed by atoms with E-state index in [0.29, 0.717) is 5.92 Å². The predicted molar refractivity (Wildman–Crippen MR) is 64.3 cm³/mol. The number of anilines is 1. The lowest BCUT2D eigenvalue weighted by atomic mass is 9.95. The van der Waals surface area contributed by atoms with Crippen molar-refractivity contribution in [3.63, 3.8) is 0 Å². The highest BCUT2D eigenvalue weighted by Crippen LogP contribution is 2.19. The average molecular weight is 223 g/mol. The highest BCUT2D eigenvalue weighted by Gasteiger charge is 2.25. The van der Waals surface area contributed by atoms with Gasteiger partial charge >= 0.3 is 0 Å². The van der Waals surface area contributed by atoms with Crippen LogP contribution < -0.4 is 10.6 Å². The van der Waals surface area contributed by atoms with E-state index in [2.05, 4.69) is 33.9 Å². The molecule has 1 aromatic rings. The van der Waals surface area contributed by atoms with Crippen molar-refractivity contribution < 1.29 is 0 Å². The van der Waals surface area contributed by atoms with Gasteiger partial charge in [-0.15, -0.1) is 5.10 Å². The topological polar surface area (TPSA) is 70.8 Å². The number of H-pyrrole nitrogens is 1. The third kappa shape index (κ3) is 2.35. The number of hydrogen-bond donors (Lipinski definition) is 2. The van der Waals surface area contributed by atoms with Gasteiger partial charge in [-0.25, -0.2) is 0 Å². The van der Waals surface area contributed by atoms with Gasteiger partial charge in [0.05, 0.1) is 0 Å². The van der Waals surface area contributed by atoms with Gasteiger partial charge in [0.1, 0.15) is 5.82 Å². The molecule has 2 heterocycles. The van der Waals surface area contributed by atoms with E-state index in [4.69, 9.17) is 5.73 Å². The molecular formula is C11H21N5. The molecule has 2 rings (SSSR count). The van der Waals surface area contributed by atoms with E-state index in [0.717, 1.165) is 44.1 Å². The van der Waals surface area contributed by atoms with Crippen LogP contribution in [0.3, 0.4) is 0 Å². The van der Waals surface area contributed by atoms with Crippen molar-refractivity contribution in [1.29, 1.82) is 0 Å². The third-order valence-electron chi connectivity index (χ3n) is 3.31. The van der Waals surface area contributed by atoms with Crippen LogP contribution in [0, 0.1) is 5.92 Å². The second kappa shape index (κ2) is 4.82. The number of nitrogens with one attached hydrogen (secondary N) is 1. The van der Waals surface area contributed by atoms with Crippen LogP contribution in [0.2, 0.25) is 0 Å². The fraction of sp³-hybridized carbons (Fsp3) is 0.818. The Hall–Kier alpha value is -1.10. The standard InChI is InChI=1S/C11H21N5/c1-3-4-10-13-11(15-14-10)16-6-5-8(2)9(12)7-16/h8-9H,3-7,12H2,1-2H3,(H,13,14,15). The molecule has 1 aliphatic heterocycles. The Bertz CT molecular complexity index is 335. The van der Waals surface area contributed by atoms with Crippen molar-refractivity contribution in [3.8, 4) is 0 Å². The van der Waals surface area contributed by atoms with Crippen molar-refractivity contribution in [2.45, 2.75) is 39.2 Å². The van der Waals surface area contributed by atoms with E-state index in [-0.39, 0.29) is 6.04 Å². The monoisotopic (exact) mass is 223 g/mol. The van der Waals surface area contributed by atoms with Crippen molar-refractivity contribution in [2.75, 3.05) is 18.0 Å². The molecule has 5 nitrogen and oxygen atoms in total. The zero-order chi connectivity index (χ0) is 11.5. The van der Waals surface area contributed by atoms with Gasteiger partial charge in [-0.2, -0.15) is 4.98 Å². The number of nitrogens with two attached hydrogens (primary N) is 1. The van der Waals surface area contributed by atoms with E-state index in [1.165, 1.54) is 0 Å². The summed E-state index contributed by atoms with van der Waals surface area (Å²) in [5.74, 6) is 2.39. The molecule has 1 aliphatic rings. The lowest BCUT2D eigenvalue weighted by molar-refractivity contribution is 0.376. The maximum absolute atomic E-state index is 6.06. The number of rotatable bonds is 3. The lowest BCUT2D eigenvalue weighted by Crippen LogP contribution is -2.48. The molecule has 1 saturated heterocycles. The molecule has 5 heteroatoms. The van der Waals surface area contributed by atoms with E-state index in [1.54, 1.807) is 0 Å². The quantitative estimate of drug-likeness (QED) is 0.799. The SMILES string of the molecule is CCCc1nc(N2CCC(C)C(N)C2)n[nH]1. The van der Waals surface area contributed by atoms with Crippen LogP contribution in [0.1, 0.15) is 32.5 Å². The van der Waals surface area contributed by atoms with E-state index in [9.17, 15) is 0 Å². The number of hydrogen-bond acceptors (Lipinski definition) is 4. The minimum atomic E-state index is 0.238. The molecule has 90 valence electrons. The smallest absolute Gasteiger partial charge is 0.244 e. The number of piperidine rings is 1. The lowest BCUT2D eigenvalue weighted by Gasteiger charge is -2.34. The maximum Gasteiger partial charge on any atom is 0.244 e. The number of nitrogens with zero attached hydrogens (tertiary/aromatic N) is 3. The zero-order valence-corrected chi connectivity index (χ0v) is 10.1. The van der Waals surface area contributed by atoms with Crippen LogP contribution in [-0.4, -0.2) is 34.3 Å². The fourth-order valence-corrected chi connectivity index (χ4v) is 2.06. The van der Waals surface area contributed by atoms with Crippen LogP contribution in [0.25, 0.3) is 0 Å². The maximum atomic E-state index is 6.06. The zero-order valence-electron chi connectivity index (χ0n) is 10.1. The molecular weight excluding hydrogens is 202 g/mol. The van der Waals surface area contributed by atoms with Crippen molar-refractivity contribution in [1.82, 2.24) is 15.2 Å². The first-order chi connectivity index (χ1) is 7.70. The molecule has 1 aromatic heterocycles. The number of aromatic nitrogens is 3. The molecule has 1 fully saturated rings. The first-order valence-electron chi connectivity index (χ1n) is 6.12. The molecule has 16 heavy (non-hydrogen) atoms. The summed E-state index contributed by atoms with van der Waals surface area (Å²) in [6, 6.07) is 0.238. The molecule has 0 amide bonds. The van der Waals surface area contributed by atoms with Gasteiger partial charge in [0.25, 0.3) is 0 Å². The Morgan fingerprint density at radius 1 is 1.56 bits per heavy atom. The van der Waals surface area contributed by atoms with Gasteiger partial charge in [0.2, 0.25) is 5.95 Å². The Morgan fingerprint density at radius 2 is 2.38 bits per heavy atom. The Kier molecular flexibility index (Phi) is 3.43.